The Labute approximate surface area is 88.2 Å². The highest BCUT2D eigenvalue weighted by atomic mass is 16.5. The molecule has 2 nitrogen and oxygen atoms in total. The summed E-state index contributed by atoms with van der Waals surface area (Å²) in [6.07, 6.45) is 7.90. The van der Waals surface area contributed by atoms with E-state index in [4.69, 9.17) is 10.5 Å². The molecule has 2 atom stereocenters. The molecule has 14 heavy (non-hydrogen) atoms. The van der Waals surface area contributed by atoms with Crippen molar-refractivity contribution in [2.24, 2.45) is 11.7 Å². The third-order valence-electron chi connectivity index (χ3n) is 3.04. The van der Waals surface area contributed by atoms with Crippen molar-refractivity contribution in [3.63, 3.8) is 0 Å². The van der Waals surface area contributed by atoms with Gasteiger partial charge in [-0.25, -0.2) is 0 Å². The minimum Gasteiger partial charge on any atom is -0.377 e. The Hall–Kier alpha value is -0.0800. The van der Waals surface area contributed by atoms with Crippen LogP contribution in [0.2, 0.25) is 0 Å². The van der Waals surface area contributed by atoms with Gasteiger partial charge in [0.2, 0.25) is 0 Å². The van der Waals surface area contributed by atoms with Gasteiger partial charge in [0.05, 0.1) is 6.10 Å². The van der Waals surface area contributed by atoms with Gasteiger partial charge in [0.15, 0.2) is 0 Å². The van der Waals surface area contributed by atoms with E-state index in [0.29, 0.717) is 6.10 Å². The molecule has 1 saturated carbocycles. The van der Waals surface area contributed by atoms with Gasteiger partial charge in [-0.1, -0.05) is 26.2 Å². The summed E-state index contributed by atoms with van der Waals surface area (Å²) in [4.78, 5) is 0. The lowest BCUT2D eigenvalue weighted by Crippen LogP contribution is -2.36. The topological polar surface area (TPSA) is 35.2 Å². The van der Waals surface area contributed by atoms with Crippen LogP contribution in [-0.2, 0) is 4.74 Å². The normalized spacial score (nSPS) is 20.8. The van der Waals surface area contributed by atoms with Gasteiger partial charge < -0.3 is 10.5 Å². The average Bonchev–Trinajstić information content (AvgIpc) is 2.97. The maximum Gasteiger partial charge on any atom is 0.0725 e. The van der Waals surface area contributed by atoms with Gasteiger partial charge >= 0.3 is 0 Å². The van der Waals surface area contributed by atoms with Crippen LogP contribution >= 0.6 is 0 Å². The van der Waals surface area contributed by atoms with E-state index >= 15 is 0 Å². The standard InChI is InChI=1S/C12H25NO/c1-3-5-12(14-4-2)11(13)9-8-10-6-7-10/h10-12H,3-9,13H2,1-2H3. The third-order valence-corrected chi connectivity index (χ3v) is 3.04. The molecular formula is C12H25NO. The highest BCUT2D eigenvalue weighted by Gasteiger charge is 2.24. The molecule has 0 aromatic heterocycles. The summed E-state index contributed by atoms with van der Waals surface area (Å²) in [5.74, 6) is 0.991. The molecule has 0 amide bonds. The number of hydrogen-bond donors (Lipinski definition) is 1. The van der Waals surface area contributed by atoms with Gasteiger partial charge in [0.1, 0.15) is 0 Å². The molecule has 0 spiro atoms. The van der Waals surface area contributed by atoms with E-state index in [1.165, 1.54) is 25.7 Å². The van der Waals surface area contributed by atoms with Gasteiger partial charge in [0.25, 0.3) is 0 Å². The van der Waals surface area contributed by atoms with Gasteiger partial charge in [-0.15, -0.1) is 0 Å². The summed E-state index contributed by atoms with van der Waals surface area (Å²) in [5, 5.41) is 0. The molecule has 0 aromatic carbocycles. The number of hydrogen-bond acceptors (Lipinski definition) is 2. The molecule has 2 N–H and O–H groups in total. The minimum atomic E-state index is 0.260. The van der Waals surface area contributed by atoms with E-state index in [2.05, 4.69) is 13.8 Å². The Bertz CT molecular complexity index is 139. The maximum absolute atomic E-state index is 6.14. The fraction of sp³-hybridized carbons (Fsp3) is 1.00. The molecule has 1 rings (SSSR count). The fourth-order valence-electron chi connectivity index (χ4n) is 1.94. The molecule has 1 fully saturated rings. The van der Waals surface area contributed by atoms with Crippen molar-refractivity contribution in [1.29, 1.82) is 0 Å². The van der Waals surface area contributed by atoms with E-state index < -0.39 is 0 Å². The molecule has 84 valence electrons. The second kappa shape index (κ2) is 6.41. The fourth-order valence-corrected chi connectivity index (χ4v) is 1.94. The largest absolute Gasteiger partial charge is 0.377 e. The van der Waals surface area contributed by atoms with Gasteiger partial charge in [0, 0.05) is 12.6 Å². The summed E-state index contributed by atoms with van der Waals surface area (Å²) in [5.41, 5.74) is 6.14. The second-order valence-electron chi connectivity index (χ2n) is 4.47. The maximum atomic E-state index is 6.14. The zero-order valence-corrected chi connectivity index (χ0v) is 9.67. The highest BCUT2D eigenvalue weighted by molar-refractivity contribution is 4.79. The van der Waals surface area contributed by atoms with Crippen LogP contribution in [0.1, 0.15) is 52.4 Å². The first-order valence-corrected chi connectivity index (χ1v) is 6.15. The van der Waals surface area contributed by atoms with Crippen LogP contribution < -0.4 is 5.73 Å². The van der Waals surface area contributed by atoms with Crippen molar-refractivity contribution in [2.75, 3.05) is 6.61 Å². The van der Waals surface area contributed by atoms with Crippen molar-refractivity contribution in [2.45, 2.75) is 64.5 Å². The summed E-state index contributed by atoms with van der Waals surface area (Å²) in [7, 11) is 0. The van der Waals surface area contributed by atoms with Crippen molar-refractivity contribution >= 4 is 0 Å². The van der Waals surface area contributed by atoms with E-state index in [-0.39, 0.29) is 6.04 Å². The molecule has 1 aliphatic carbocycles. The van der Waals surface area contributed by atoms with Crippen molar-refractivity contribution in [1.82, 2.24) is 0 Å². The lowest BCUT2D eigenvalue weighted by atomic mass is 10.0. The lowest BCUT2D eigenvalue weighted by Gasteiger charge is -2.23. The third kappa shape index (κ3) is 4.43. The first-order valence-electron chi connectivity index (χ1n) is 6.15. The van der Waals surface area contributed by atoms with E-state index in [1.807, 2.05) is 0 Å². The number of ether oxygens (including phenoxy) is 1. The lowest BCUT2D eigenvalue weighted by molar-refractivity contribution is 0.0351. The monoisotopic (exact) mass is 199 g/mol. The molecule has 0 saturated heterocycles. The van der Waals surface area contributed by atoms with Gasteiger partial charge in [-0.3, -0.25) is 0 Å². The first-order chi connectivity index (χ1) is 6.77. The Morgan fingerprint density at radius 3 is 2.50 bits per heavy atom. The molecule has 0 radical (unpaired) electrons. The Morgan fingerprint density at radius 1 is 1.29 bits per heavy atom. The zero-order chi connectivity index (χ0) is 10.4. The summed E-state index contributed by atoms with van der Waals surface area (Å²) in [6, 6.07) is 0.260. The van der Waals surface area contributed by atoms with Gasteiger partial charge in [-0.05, 0) is 32.1 Å². The average molecular weight is 199 g/mol. The second-order valence-corrected chi connectivity index (χ2v) is 4.47. The van der Waals surface area contributed by atoms with Crippen LogP contribution in [0.4, 0.5) is 0 Å². The molecule has 0 bridgehead atoms. The van der Waals surface area contributed by atoms with Crippen LogP contribution in [0, 0.1) is 5.92 Å². The van der Waals surface area contributed by atoms with Crippen LogP contribution in [0.25, 0.3) is 0 Å². The highest BCUT2D eigenvalue weighted by Crippen LogP contribution is 2.34. The Kier molecular flexibility index (Phi) is 5.49. The van der Waals surface area contributed by atoms with E-state index in [0.717, 1.165) is 25.4 Å². The summed E-state index contributed by atoms with van der Waals surface area (Å²) < 4.78 is 5.67. The summed E-state index contributed by atoms with van der Waals surface area (Å²) >= 11 is 0. The summed E-state index contributed by atoms with van der Waals surface area (Å²) in [6.45, 7) is 5.04. The smallest absolute Gasteiger partial charge is 0.0725 e. The van der Waals surface area contributed by atoms with Crippen LogP contribution in [-0.4, -0.2) is 18.8 Å². The zero-order valence-electron chi connectivity index (χ0n) is 9.67. The molecule has 2 unspecified atom stereocenters. The predicted octanol–water partition coefficient (Wildman–Crippen LogP) is 2.71. The molecular weight excluding hydrogens is 174 g/mol. The Balaban J connectivity index is 2.16. The number of nitrogens with two attached hydrogens (primary N) is 1. The SMILES string of the molecule is CCCC(OCC)C(N)CCC1CC1. The van der Waals surface area contributed by atoms with E-state index in [9.17, 15) is 0 Å². The van der Waals surface area contributed by atoms with Crippen molar-refractivity contribution < 1.29 is 4.74 Å². The van der Waals surface area contributed by atoms with E-state index in [1.54, 1.807) is 0 Å². The molecule has 2 heteroatoms. The Morgan fingerprint density at radius 2 is 2.00 bits per heavy atom. The number of rotatable bonds is 8. The van der Waals surface area contributed by atoms with Crippen molar-refractivity contribution in [3.8, 4) is 0 Å². The predicted molar refractivity (Wildman–Crippen MR) is 60.3 cm³/mol. The molecule has 0 aliphatic heterocycles. The minimum absolute atomic E-state index is 0.260. The molecule has 1 aliphatic rings. The van der Waals surface area contributed by atoms with Crippen LogP contribution in [0.3, 0.4) is 0 Å². The van der Waals surface area contributed by atoms with Crippen LogP contribution in [0.5, 0.6) is 0 Å². The molecule has 0 heterocycles. The first kappa shape index (κ1) is 12.0. The quantitative estimate of drug-likeness (QED) is 0.652. The molecule has 0 aromatic rings. The van der Waals surface area contributed by atoms with Crippen LogP contribution in [0.15, 0.2) is 0 Å². The van der Waals surface area contributed by atoms with Gasteiger partial charge in [-0.2, -0.15) is 0 Å². The van der Waals surface area contributed by atoms with Crippen molar-refractivity contribution in [3.05, 3.63) is 0 Å².